The van der Waals surface area contributed by atoms with Gasteiger partial charge in [0.15, 0.2) is 0 Å². The molecule has 33 heavy (non-hydrogen) atoms. The highest BCUT2D eigenvalue weighted by Gasteiger charge is 2.36. The maximum absolute atomic E-state index is 14.1. The van der Waals surface area contributed by atoms with Crippen LogP contribution in [0.2, 0.25) is 0 Å². The highest BCUT2D eigenvalue weighted by molar-refractivity contribution is 6.21. The molecule has 0 amide bonds. The summed E-state index contributed by atoms with van der Waals surface area (Å²) in [5.41, 5.74) is 0.614. The Morgan fingerprint density at radius 2 is 1.33 bits per heavy atom. The largest absolute Gasteiger partial charge is 0.379 e. The van der Waals surface area contributed by atoms with Gasteiger partial charge in [-0.1, -0.05) is 24.3 Å². The van der Waals surface area contributed by atoms with Gasteiger partial charge in [0.2, 0.25) is 0 Å². The van der Waals surface area contributed by atoms with E-state index in [1.54, 1.807) is 0 Å². The van der Waals surface area contributed by atoms with Crippen LogP contribution in [0, 0.1) is 23.5 Å². The molecule has 0 spiro atoms. The normalized spacial score (nSPS) is 26.4. The zero-order valence-corrected chi connectivity index (χ0v) is 19.7. The monoisotopic (exact) mass is 482 g/mol. The number of hydrogen-bond acceptors (Lipinski definition) is 1. The molecule has 2 aromatic rings. The predicted molar refractivity (Wildman–Crippen MR) is 124 cm³/mol. The van der Waals surface area contributed by atoms with Crippen molar-refractivity contribution < 1.29 is 22.3 Å². The van der Waals surface area contributed by atoms with Crippen molar-refractivity contribution in [2.75, 3.05) is 6.61 Å². The lowest BCUT2D eigenvalue weighted by Crippen LogP contribution is -2.28. The minimum atomic E-state index is -4.09. The van der Waals surface area contributed by atoms with Crippen LogP contribution in [-0.2, 0) is 10.1 Å². The van der Waals surface area contributed by atoms with Crippen molar-refractivity contribution in [2.45, 2.75) is 75.7 Å². The second-order valence-electron chi connectivity index (χ2n) is 9.54. The molecule has 4 rings (SSSR count). The first-order chi connectivity index (χ1) is 15.8. The number of ether oxygens (including phenoxy) is 1. The fraction of sp³-hybridized carbons (Fsp3) is 0.556. The topological polar surface area (TPSA) is 9.23 Å². The van der Waals surface area contributed by atoms with Crippen molar-refractivity contribution in [3.63, 3.8) is 0 Å². The van der Waals surface area contributed by atoms with Gasteiger partial charge in [0.05, 0.1) is 6.10 Å². The van der Waals surface area contributed by atoms with E-state index in [1.807, 2.05) is 24.3 Å². The number of rotatable bonds is 6. The Morgan fingerprint density at radius 1 is 0.818 bits per heavy atom. The molecule has 6 heteroatoms. The Morgan fingerprint density at radius 3 is 1.82 bits per heavy atom. The maximum Gasteiger partial charge on any atom is 0.353 e. The lowest BCUT2D eigenvalue weighted by atomic mass is 9.69. The lowest BCUT2D eigenvalue weighted by Gasteiger charge is -2.38. The third-order valence-electron chi connectivity index (χ3n) is 7.60. The van der Waals surface area contributed by atoms with Crippen LogP contribution in [0.1, 0.15) is 75.3 Å². The van der Waals surface area contributed by atoms with Gasteiger partial charge < -0.3 is 4.74 Å². The van der Waals surface area contributed by atoms with Crippen LogP contribution in [0.25, 0.3) is 11.1 Å². The van der Waals surface area contributed by atoms with Gasteiger partial charge in [-0.15, -0.1) is 0 Å². The Labute approximate surface area is 198 Å². The van der Waals surface area contributed by atoms with E-state index in [-0.39, 0.29) is 5.56 Å². The van der Waals surface area contributed by atoms with Gasteiger partial charge in [-0.25, -0.2) is 8.78 Å². The second-order valence-corrected chi connectivity index (χ2v) is 10.0. The summed E-state index contributed by atoms with van der Waals surface area (Å²) in [5, 5.41) is -4.09. The van der Waals surface area contributed by atoms with Crippen LogP contribution in [0.3, 0.4) is 0 Å². The lowest BCUT2D eigenvalue weighted by molar-refractivity contribution is 0.0146. The molecule has 2 aliphatic rings. The molecular weight excluding hydrogens is 452 g/mol. The minimum Gasteiger partial charge on any atom is -0.379 e. The summed E-state index contributed by atoms with van der Waals surface area (Å²) >= 11 is 4.83. The van der Waals surface area contributed by atoms with E-state index in [0.717, 1.165) is 43.4 Å². The molecule has 0 atom stereocenters. The summed E-state index contributed by atoms with van der Waals surface area (Å²) in [7, 11) is 0. The zero-order valence-electron chi connectivity index (χ0n) is 18.9. The van der Waals surface area contributed by atoms with Crippen LogP contribution in [0.15, 0.2) is 36.4 Å². The SMILES string of the molecule is CCOC1CCC(C2CCC(c3ccc(-c4cc(F)c(C(F)(F)Cl)c(F)c4)cc3)CC2)CC1. The summed E-state index contributed by atoms with van der Waals surface area (Å²) in [4.78, 5) is 0. The molecule has 0 aromatic heterocycles. The summed E-state index contributed by atoms with van der Waals surface area (Å²) in [6.07, 6.45) is 10.1. The van der Waals surface area contributed by atoms with Gasteiger partial charge in [0, 0.05) is 6.61 Å². The Hall–Kier alpha value is -1.59. The van der Waals surface area contributed by atoms with E-state index in [9.17, 15) is 17.6 Å². The molecule has 0 aliphatic heterocycles. The van der Waals surface area contributed by atoms with Crippen LogP contribution in [-0.4, -0.2) is 12.7 Å². The average molecular weight is 483 g/mol. The number of alkyl halides is 3. The smallest absolute Gasteiger partial charge is 0.353 e. The van der Waals surface area contributed by atoms with E-state index in [1.165, 1.54) is 44.1 Å². The third kappa shape index (κ3) is 5.74. The molecule has 0 unspecified atom stereocenters. The molecule has 1 nitrogen and oxygen atoms in total. The van der Waals surface area contributed by atoms with Crippen LogP contribution in [0.4, 0.5) is 17.6 Å². The molecule has 0 saturated heterocycles. The molecule has 0 bridgehead atoms. The Bertz CT molecular complexity index is 901. The zero-order chi connectivity index (χ0) is 23.6. The minimum absolute atomic E-state index is 0.215. The summed E-state index contributed by atoms with van der Waals surface area (Å²) in [5.74, 6) is -0.586. The first kappa shape index (κ1) is 24.5. The number of benzene rings is 2. The van der Waals surface area contributed by atoms with Gasteiger partial charge in [0.25, 0.3) is 0 Å². The van der Waals surface area contributed by atoms with Crippen molar-refractivity contribution in [1.82, 2.24) is 0 Å². The van der Waals surface area contributed by atoms with Crippen LogP contribution < -0.4 is 0 Å². The third-order valence-corrected chi connectivity index (χ3v) is 7.79. The predicted octanol–water partition coefficient (Wildman–Crippen LogP) is 8.79. The molecule has 2 aromatic carbocycles. The fourth-order valence-electron chi connectivity index (χ4n) is 5.84. The fourth-order valence-corrected chi connectivity index (χ4v) is 6.03. The Balaban J connectivity index is 1.36. The highest BCUT2D eigenvalue weighted by Crippen LogP contribution is 2.44. The molecule has 0 heterocycles. The molecular formula is C27H31ClF4O. The van der Waals surface area contributed by atoms with Gasteiger partial charge in [0.1, 0.15) is 17.2 Å². The van der Waals surface area contributed by atoms with E-state index < -0.39 is 22.6 Å². The second kappa shape index (κ2) is 10.4. The van der Waals surface area contributed by atoms with Gasteiger partial charge in [-0.3, -0.25) is 0 Å². The molecule has 2 saturated carbocycles. The average Bonchev–Trinajstić information content (AvgIpc) is 2.79. The molecule has 180 valence electrons. The van der Waals surface area contributed by atoms with E-state index in [4.69, 9.17) is 16.3 Å². The van der Waals surface area contributed by atoms with E-state index in [2.05, 4.69) is 6.92 Å². The van der Waals surface area contributed by atoms with Crippen LogP contribution in [0.5, 0.6) is 0 Å². The molecule has 0 N–H and O–H groups in total. The van der Waals surface area contributed by atoms with Crippen molar-refractivity contribution in [2.24, 2.45) is 11.8 Å². The van der Waals surface area contributed by atoms with Gasteiger partial charge >= 0.3 is 5.38 Å². The van der Waals surface area contributed by atoms with Crippen LogP contribution >= 0.6 is 11.6 Å². The molecule has 0 radical (unpaired) electrons. The Kier molecular flexibility index (Phi) is 7.69. The van der Waals surface area contributed by atoms with Gasteiger partial charge in [-0.05, 0) is 116 Å². The number of halogens is 5. The standard InChI is InChI=1S/C27H31ClF4O/c1-2-33-23-13-11-20(12-14-23)19-5-3-17(4-6-19)18-7-9-21(10-8-18)22-15-24(29)26(25(30)16-22)27(28,31)32/h7-10,15-17,19-20,23H,2-6,11-14H2,1H3. The quantitative estimate of drug-likeness (QED) is 0.295. The van der Waals surface area contributed by atoms with Gasteiger partial charge in [-0.2, -0.15) is 8.78 Å². The van der Waals surface area contributed by atoms with Crippen molar-refractivity contribution >= 4 is 11.6 Å². The first-order valence-electron chi connectivity index (χ1n) is 12.0. The summed E-state index contributed by atoms with van der Waals surface area (Å²) < 4.78 is 60.5. The van der Waals surface area contributed by atoms with Crippen molar-refractivity contribution in [1.29, 1.82) is 0 Å². The summed E-state index contributed by atoms with van der Waals surface area (Å²) in [6, 6.07) is 9.43. The highest BCUT2D eigenvalue weighted by atomic mass is 35.5. The van der Waals surface area contributed by atoms with Crippen molar-refractivity contribution in [3.8, 4) is 11.1 Å². The molecule has 2 fully saturated rings. The first-order valence-corrected chi connectivity index (χ1v) is 12.4. The number of hydrogen-bond donors (Lipinski definition) is 0. The van der Waals surface area contributed by atoms with E-state index in [0.29, 0.717) is 17.6 Å². The maximum atomic E-state index is 14.1. The molecule has 2 aliphatic carbocycles. The van der Waals surface area contributed by atoms with Crippen molar-refractivity contribution in [3.05, 3.63) is 59.2 Å². The summed E-state index contributed by atoms with van der Waals surface area (Å²) in [6.45, 7) is 2.87. The van der Waals surface area contributed by atoms with E-state index >= 15 is 0 Å².